The van der Waals surface area contributed by atoms with Gasteiger partial charge in [0.1, 0.15) is 6.04 Å². The largest absolute Gasteiger partial charge is 0.356 e. The first-order valence-corrected chi connectivity index (χ1v) is 6.70. The van der Waals surface area contributed by atoms with Gasteiger partial charge in [0, 0.05) is 18.8 Å². The Morgan fingerprint density at radius 3 is 2.63 bits per heavy atom. The molecule has 1 amide bonds. The minimum Gasteiger partial charge on any atom is -0.356 e. The van der Waals surface area contributed by atoms with Crippen molar-refractivity contribution in [3.8, 4) is 0 Å². The van der Waals surface area contributed by atoms with Crippen molar-refractivity contribution in [3.05, 3.63) is 29.3 Å². The summed E-state index contributed by atoms with van der Waals surface area (Å²) in [5.41, 5.74) is 9.10. The van der Waals surface area contributed by atoms with Gasteiger partial charge in [0.2, 0.25) is 5.91 Å². The number of nitrogens with zero attached hydrogens (tertiary/aromatic N) is 1. The lowest BCUT2D eigenvalue weighted by Gasteiger charge is -2.44. The fourth-order valence-electron chi connectivity index (χ4n) is 2.54. The topological polar surface area (TPSA) is 58.4 Å². The number of rotatable bonds is 2. The molecule has 0 bridgehead atoms. The van der Waals surface area contributed by atoms with Gasteiger partial charge in [0.05, 0.1) is 5.54 Å². The van der Waals surface area contributed by atoms with E-state index < -0.39 is 0 Å². The highest BCUT2D eigenvalue weighted by atomic mass is 16.2. The first-order chi connectivity index (χ1) is 8.84. The van der Waals surface area contributed by atoms with E-state index in [1.54, 1.807) is 0 Å². The molecule has 1 fully saturated rings. The SMILES string of the molecule is Cc1ccc(N2CC(C)(C)NC(=O)C2CN)cc1C. The molecule has 0 saturated carbocycles. The van der Waals surface area contributed by atoms with E-state index in [1.165, 1.54) is 11.1 Å². The zero-order valence-electron chi connectivity index (χ0n) is 12.2. The van der Waals surface area contributed by atoms with Gasteiger partial charge < -0.3 is 16.0 Å². The van der Waals surface area contributed by atoms with Crippen molar-refractivity contribution < 1.29 is 4.79 Å². The highest BCUT2D eigenvalue weighted by Gasteiger charge is 2.37. The van der Waals surface area contributed by atoms with Crippen molar-refractivity contribution in [2.45, 2.75) is 39.3 Å². The lowest BCUT2D eigenvalue weighted by Crippen LogP contribution is -2.66. The quantitative estimate of drug-likeness (QED) is 0.845. The van der Waals surface area contributed by atoms with E-state index in [4.69, 9.17) is 5.73 Å². The molecule has 104 valence electrons. The van der Waals surface area contributed by atoms with Crippen molar-refractivity contribution in [1.29, 1.82) is 0 Å². The Labute approximate surface area is 115 Å². The smallest absolute Gasteiger partial charge is 0.244 e. The Kier molecular flexibility index (Phi) is 3.54. The third-order valence-electron chi connectivity index (χ3n) is 3.75. The van der Waals surface area contributed by atoms with Gasteiger partial charge in [-0.15, -0.1) is 0 Å². The molecule has 0 aromatic heterocycles. The summed E-state index contributed by atoms with van der Waals surface area (Å²) in [7, 11) is 0. The lowest BCUT2D eigenvalue weighted by atomic mass is 9.96. The fraction of sp³-hybridized carbons (Fsp3) is 0.533. The van der Waals surface area contributed by atoms with E-state index in [2.05, 4.69) is 42.3 Å². The van der Waals surface area contributed by atoms with E-state index in [0.29, 0.717) is 6.54 Å². The van der Waals surface area contributed by atoms with E-state index >= 15 is 0 Å². The third kappa shape index (κ3) is 2.73. The normalized spacial score (nSPS) is 22.3. The molecule has 1 unspecified atom stereocenters. The molecule has 3 N–H and O–H groups in total. The number of piperazine rings is 1. The van der Waals surface area contributed by atoms with Crippen LogP contribution in [0.2, 0.25) is 0 Å². The predicted octanol–water partition coefficient (Wildman–Crippen LogP) is 1.35. The molecule has 1 atom stereocenters. The van der Waals surface area contributed by atoms with Crippen LogP contribution in [0.15, 0.2) is 18.2 Å². The second kappa shape index (κ2) is 4.85. The van der Waals surface area contributed by atoms with Crippen LogP contribution >= 0.6 is 0 Å². The maximum atomic E-state index is 12.1. The maximum Gasteiger partial charge on any atom is 0.244 e. The molecule has 1 aliphatic heterocycles. The number of carbonyl (C=O) groups is 1. The summed E-state index contributed by atoms with van der Waals surface area (Å²) in [6.45, 7) is 9.34. The number of carbonyl (C=O) groups excluding carboxylic acids is 1. The highest BCUT2D eigenvalue weighted by molar-refractivity contribution is 5.87. The average Bonchev–Trinajstić information content (AvgIpc) is 2.30. The molecule has 1 aliphatic rings. The highest BCUT2D eigenvalue weighted by Crippen LogP contribution is 2.25. The van der Waals surface area contributed by atoms with Crippen molar-refractivity contribution in [3.63, 3.8) is 0 Å². The molecular formula is C15H23N3O. The summed E-state index contributed by atoms with van der Waals surface area (Å²) in [4.78, 5) is 14.3. The van der Waals surface area contributed by atoms with Crippen LogP contribution in [0.25, 0.3) is 0 Å². The summed E-state index contributed by atoms with van der Waals surface area (Å²) in [5, 5.41) is 3.02. The zero-order valence-corrected chi connectivity index (χ0v) is 12.2. The van der Waals surface area contributed by atoms with Crippen LogP contribution in [-0.2, 0) is 4.79 Å². The number of hydrogen-bond acceptors (Lipinski definition) is 3. The first-order valence-electron chi connectivity index (χ1n) is 6.70. The van der Waals surface area contributed by atoms with Crippen LogP contribution in [0.5, 0.6) is 0 Å². The minimum absolute atomic E-state index is 0.0111. The molecular weight excluding hydrogens is 238 g/mol. The Morgan fingerprint density at radius 1 is 1.37 bits per heavy atom. The Balaban J connectivity index is 2.38. The van der Waals surface area contributed by atoms with Crippen molar-refractivity contribution in [2.24, 2.45) is 5.73 Å². The molecule has 19 heavy (non-hydrogen) atoms. The number of hydrogen-bond donors (Lipinski definition) is 2. The number of anilines is 1. The first kappa shape index (κ1) is 13.9. The number of aryl methyl sites for hydroxylation is 2. The van der Waals surface area contributed by atoms with Gasteiger partial charge in [0.15, 0.2) is 0 Å². The molecule has 1 aromatic carbocycles. The van der Waals surface area contributed by atoms with Crippen molar-refractivity contribution in [2.75, 3.05) is 18.0 Å². The van der Waals surface area contributed by atoms with Crippen LogP contribution in [-0.4, -0.2) is 30.6 Å². The van der Waals surface area contributed by atoms with Crippen LogP contribution in [0, 0.1) is 13.8 Å². The summed E-state index contributed by atoms with van der Waals surface area (Å²) >= 11 is 0. The second-order valence-electron chi connectivity index (χ2n) is 6.02. The minimum atomic E-state index is -0.282. The van der Waals surface area contributed by atoms with Gasteiger partial charge in [-0.2, -0.15) is 0 Å². The van der Waals surface area contributed by atoms with Crippen LogP contribution in [0.3, 0.4) is 0 Å². The molecule has 1 aromatic rings. The monoisotopic (exact) mass is 261 g/mol. The molecule has 2 rings (SSSR count). The van der Waals surface area contributed by atoms with E-state index in [0.717, 1.165) is 12.2 Å². The van der Waals surface area contributed by atoms with E-state index in [9.17, 15) is 4.79 Å². The number of benzene rings is 1. The maximum absolute atomic E-state index is 12.1. The van der Waals surface area contributed by atoms with Gasteiger partial charge in [0.25, 0.3) is 0 Å². The second-order valence-corrected chi connectivity index (χ2v) is 6.02. The van der Waals surface area contributed by atoms with Crippen molar-refractivity contribution in [1.82, 2.24) is 5.32 Å². The lowest BCUT2D eigenvalue weighted by molar-refractivity contribution is -0.125. The Morgan fingerprint density at radius 2 is 2.05 bits per heavy atom. The summed E-state index contributed by atoms with van der Waals surface area (Å²) in [5.74, 6) is 0.0111. The summed E-state index contributed by atoms with van der Waals surface area (Å²) < 4.78 is 0. The Bertz CT molecular complexity index is 496. The molecule has 0 radical (unpaired) electrons. The van der Waals surface area contributed by atoms with Crippen LogP contribution in [0.4, 0.5) is 5.69 Å². The molecule has 4 heteroatoms. The van der Waals surface area contributed by atoms with Crippen LogP contribution < -0.4 is 16.0 Å². The Hall–Kier alpha value is -1.55. The van der Waals surface area contributed by atoms with Gasteiger partial charge in [-0.05, 0) is 51.0 Å². The fourth-order valence-corrected chi connectivity index (χ4v) is 2.54. The van der Waals surface area contributed by atoms with E-state index in [1.807, 2.05) is 13.8 Å². The number of nitrogens with one attached hydrogen (secondary N) is 1. The molecule has 0 aliphatic carbocycles. The molecule has 4 nitrogen and oxygen atoms in total. The summed E-state index contributed by atoms with van der Waals surface area (Å²) in [6, 6.07) is 6.01. The summed E-state index contributed by atoms with van der Waals surface area (Å²) in [6.07, 6.45) is 0. The average molecular weight is 261 g/mol. The van der Waals surface area contributed by atoms with Gasteiger partial charge >= 0.3 is 0 Å². The number of amides is 1. The van der Waals surface area contributed by atoms with Gasteiger partial charge in [-0.3, -0.25) is 4.79 Å². The molecule has 1 heterocycles. The van der Waals surface area contributed by atoms with Gasteiger partial charge in [-0.1, -0.05) is 6.07 Å². The molecule has 0 spiro atoms. The predicted molar refractivity (Wildman–Crippen MR) is 78.3 cm³/mol. The van der Waals surface area contributed by atoms with E-state index in [-0.39, 0.29) is 17.5 Å². The zero-order chi connectivity index (χ0) is 14.2. The number of nitrogens with two attached hydrogens (primary N) is 1. The van der Waals surface area contributed by atoms with Gasteiger partial charge in [-0.25, -0.2) is 0 Å². The van der Waals surface area contributed by atoms with Crippen LogP contribution in [0.1, 0.15) is 25.0 Å². The van der Waals surface area contributed by atoms with Crippen molar-refractivity contribution >= 4 is 11.6 Å². The molecule has 1 saturated heterocycles. The third-order valence-corrected chi connectivity index (χ3v) is 3.75. The standard InChI is InChI=1S/C15H23N3O/c1-10-5-6-12(7-11(10)2)18-9-15(3,4)17-14(19)13(18)8-16/h5-7,13H,8-9,16H2,1-4H3,(H,17,19).